The maximum Gasteiger partial charge on any atom is 0.258 e. The first-order chi connectivity index (χ1) is 13.1. The van der Waals surface area contributed by atoms with E-state index >= 15 is 0 Å². The zero-order chi connectivity index (χ0) is 19.2. The minimum Gasteiger partial charge on any atom is -0.495 e. The van der Waals surface area contributed by atoms with Crippen LogP contribution >= 0.6 is 11.6 Å². The van der Waals surface area contributed by atoms with Gasteiger partial charge in [-0.3, -0.25) is 4.79 Å². The number of rotatable bonds is 6. The summed E-state index contributed by atoms with van der Waals surface area (Å²) in [7, 11) is 1.51. The summed E-state index contributed by atoms with van der Waals surface area (Å²) in [6.07, 6.45) is 2.77. The fourth-order valence-corrected chi connectivity index (χ4v) is 2.56. The Labute approximate surface area is 160 Å². The standard InChI is InChI=1S/C19H16ClFN4O2/c1-27-17-7-6-14(8-15(17)20)25-18(26)13-10-23-19(24-11-13)22-9-12-4-2-3-5-16(12)21/h2-8,10-11H,9H2,1H3,(H,25,26)(H,22,23,24). The van der Waals surface area contributed by atoms with Gasteiger partial charge in [-0.05, 0) is 24.3 Å². The Morgan fingerprint density at radius 2 is 1.93 bits per heavy atom. The lowest BCUT2D eigenvalue weighted by Crippen LogP contribution is -2.13. The molecule has 1 heterocycles. The van der Waals surface area contributed by atoms with Crippen molar-refractivity contribution in [3.05, 3.63) is 76.8 Å². The molecule has 0 spiro atoms. The molecule has 0 radical (unpaired) electrons. The number of anilines is 2. The third-order valence-electron chi connectivity index (χ3n) is 3.72. The van der Waals surface area contributed by atoms with E-state index in [-0.39, 0.29) is 23.8 Å². The number of carbonyl (C=O) groups excluding carboxylic acids is 1. The summed E-state index contributed by atoms with van der Waals surface area (Å²) in [4.78, 5) is 20.4. The Kier molecular flexibility index (Phi) is 5.83. The number of halogens is 2. The number of aromatic nitrogens is 2. The van der Waals surface area contributed by atoms with Crippen LogP contribution in [-0.4, -0.2) is 23.0 Å². The van der Waals surface area contributed by atoms with Gasteiger partial charge < -0.3 is 15.4 Å². The smallest absolute Gasteiger partial charge is 0.258 e. The van der Waals surface area contributed by atoms with Gasteiger partial charge >= 0.3 is 0 Å². The van der Waals surface area contributed by atoms with Gasteiger partial charge in [0.2, 0.25) is 5.95 Å². The summed E-state index contributed by atoms with van der Waals surface area (Å²) >= 11 is 6.04. The van der Waals surface area contributed by atoms with Crippen LogP contribution in [-0.2, 0) is 6.54 Å². The van der Waals surface area contributed by atoms with Crippen LogP contribution in [0.15, 0.2) is 54.9 Å². The first-order valence-corrected chi connectivity index (χ1v) is 8.39. The van der Waals surface area contributed by atoms with Gasteiger partial charge in [0.1, 0.15) is 11.6 Å². The minimum absolute atomic E-state index is 0.239. The van der Waals surface area contributed by atoms with Gasteiger partial charge in [0.15, 0.2) is 0 Å². The molecular formula is C19H16ClFN4O2. The molecular weight excluding hydrogens is 371 g/mol. The maximum absolute atomic E-state index is 13.6. The Morgan fingerprint density at radius 3 is 2.59 bits per heavy atom. The highest BCUT2D eigenvalue weighted by Crippen LogP contribution is 2.27. The number of ether oxygens (including phenoxy) is 1. The number of carbonyl (C=O) groups is 1. The number of nitrogens with one attached hydrogen (secondary N) is 2. The molecule has 6 nitrogen and oxygen atoms in total. The van der Waals surface area contributed by atoms with Gasteiger partial charge in [0.05, 0.1) is 17.7 Å². The monoisotopic (exact) mass is 386 g/mol. The molecule has 1 aromatic heterocycles. The Hall–Kier alpha value is -3.19. The predicted octanol–water partition coefficient (Wildman–Crippen LogP) is 4.14. The highest BCUT2D eigenvalue weighted by atomic mass is 35.5. The van der Waals surface area contributed by atoms with Crippen LogP contribution in [0.2, 0.25) is 5.02 Å². The topological polar surface area (TPSA) is 76.1 Å². The molecule has 0 aliphatic heterocycles. The second-order valence-electron chi connectivity index (χ2n) is 5.54. The zero-order valence-corrected chi connectivity index (χ0v) is 15.1. The number of hydrogen-bond donors (Lipinski definition) is 2. The van der Waals surface area contributed by atoms with E-state index in [9.17, 15) is 9.18 Å². The van der Waals surface area contributed by atoms with Gasteiger partial charge in [-0.15, -0.1) is 0 Å². The van der Waals surface area contributed by atoms with Crippen LogP contribution in [0.5, 0.6) is 5.75 Å². The normalized spacial score (nSPS) is 10.3. The van der Waals surface area contributed by atoms with Crippen LogP contribution in [0.25, 0.3) is 0 Å². The summed E-state index contributed by atoms with van der Waals surface area (Å²) in [5, 5.41) is 6.01. The Bertz CT molecular complexity index is 951. The largest absolute Gasteiger partial charge is 0.495 e. The SMILES string of the molecule is COc1ccc(NC(=O)c2cnc(NCc3ccccc3F)nc2)cc1Cl. The van der Waals surface area contributed by atoms with Crippen molar-refractivity contribution in [2.24, 2.45) is 0 Å². The maximum atomic E-state index is 13.6. The van der Waals surface area contributed by atoms with Gasteiger partial charge in [0, 0.05) is 30.2 Å². The second kappa shape index (κ2) is 8.46. The van der Waals surface area contributed by atoms with Crippen molar-refractivity contribution in [2.75, 3.05) is 17.7 Å². The predicted molar refractivity (Wildman–Crippen MR) is 102 cm³/mol. The lowest BCUT2D eigenvalue weighted by molar-refractivity contribution is 0.102. The quantitative estimate of drug-likeness (QED) is 0.665. The van der Waals surface area contributed by atoms with Crippen molar-refractivity contribution in [1.29, 1.82) is 0 Å². The van der Waals surface area contributed by atoms with E-state index in [1.165, 1.54) is 25.6 Å². The van der Waals surface area contributed by atoms with Crippen molar-refractivity contribution >= 4 is 29.1 Å². The molecule has 0 aliphatic carbocycles. The fourth-order valence-electron chi connectivity index (χ4n) is 2.30. The van der Waals surface area contributed by atoms with Crippen molar-refractivity contribution in [3.63, 3.8) is 0 Å². The lowest BCUT2D eigenvalue weighted by Gasteiger charge is -2.09. The molecule has 0 atom stereocenters. The van der Waals surface area contributed by atoms with Crippen LogP contribution in [0.1, 0.15) is 15.9 Å². The van der Waals surface area contributed by atoms with Crippen molar-refractivity contribution in [2.45, 2.75) is 6.54 Å². The van der Waals surface area contributed by atoms with E-state index in [4.69, 9.17) is 16.3 Å². The number of hydrogen-bond acceptors (Lipinski definition) is 5. The highest BCUT2D eigenvalue weighted by molar-refractivity contribution is 6.32. The summed E-state index contributed by atoms with van der Waals surface area (Å²) in [5.41, 5.74) is 1.30. The molecule has 0 bridgehead atoms. The van der Waals surface area contributed by atoms with Gasteiger partial charge in [0.25, 0.3) is 5.91 Å². The molecule has 3 rings (SSSR count). The molecule has 3 aromatic rings. The highest BCUT2D eigenvalue weighted by Gasteiger charge is 2.10. The third-order valence-corrected chi connectivity index (χ3v) is 4.01. The average Bonchev–Trinajstić information content (AvgIpc) is 2.68. The average molecular weight is 387 g/mol. The fraction of sp³-hybridized carbons (Fsp3) is 0.105. The van der Waals surface area contributed by atoms with E-state index in [0.29, 0.717) is 28.0 Å². The zero-order valence-electron chi connectivity index (χ0n) is 14.4. The number of nitrogens with zero attached hydrogens (tertiary/aromatic N) is 2. The molecule has 0 saturated carbocycles. The van der Waals surface area contributed by atoms with Crippen molar-refractivity contribution < 1.29 is 13.9 Å². The summed E-state index contributed by atoms with van der Waals surface area (Å²) in [6.45, 7) is 0.239. The first-order valence-electron chi connectivity index (χ1n) is 8.01. The molecule has 0 fully saturated rings. The number of benzene rings is 2. The molecule has 27 heavy (non-hydrogen) atoms. The molecule has 0 aliphatic rings. The molecule has 2 N–H and O–H groups in total. The van der Waals surface area contributed by atoms with Crippen LogP contribution in [0, 0.1) is 5.82 Å². The van der Waals surface area contributed by atoms with Crippen LogP contribution < -0.4 is 15.4 Å². The van der Waals surface area contributed by atoms with E-state index in [2.05, 4.69) is 20.6 Å². The molecule has 2 aromatic carbocycles. The van der Waals surface area contributed by atoms with Gasteiger partial charge in [-0.25, -0.2) is 14.4 Å². The second-order valence-corrected chi connectivity index (χ2v) is 5.95. The van der Waals surface area contributed by atoms with Gasteiger partial charge in [-0.2, -0.15) is 0 Å². The molecule has 0 unspecified atom stereocenters. The van der Waals surface area contributed by atoms with Crippen LogP contribution in [0.3, 0.4) is 0 Å². The van der Waals surface area contributed by atoms with E-state index in [0.717, 1.165) is 0 Å². The van der Waals surface area contributed by atoms with E-state index in [1.54, 1.807) is 36.4 Å². The third kappa shape index (κ3) is 4.71. The minimum atomic E-state index is -0.378. The summed E-state index contributed by atoms with van der Waals surface area (Å²) in [5.74, 6) is 0.126. The molecule has 0 saturated heterocycles. The molecule has 138 valence electrons. The van der Waals surface area contributed by atoms with Gasteiger partial charge in [-0.1, -0.05) is 29.8 Å². The number of amides is 1. The summed E-state index contributed by atoms with van der Waals surface area (Å²) < 4.78 is 18.7. The number of methoxy groups -OCH3 is 1. The Morgan fingerprint density at radius 1 is 1.19 bits per heavy atom. The first kappa shape index (κ1) is 18.6. The Balaban J connectivity index is 1.62. The molecule has 8 heteroatoms. The van der Waals surface area contributed by atoms with E-state index < -0.39 is 0 Å². The van der Waals surface area contributed by atoms with Crippen molar-refractivity contribution in [1.82, 2.24) is 9.97 Å². The molecule has 1 amide bonds. The summed E-state index contributed by atoms with van der Waals surface area (Å²) in [6, 6.07) is 11.3. The lowest BCUT2D eigenvalue weighted by atomic mass is 10.2. The van der Waals surface area contributed by atoms with E-state index in [1.807, 2.05) is 0 Å². The van der Waals surface area contributed by atoms with Crippen LogP contribution in [0.4, 0.5) is 16.0 Å². The van der Waals surface area contributed by atoms with Crippen molar-refractivity contribution in [3.8, 4) is 5.75 Å².